The summed E-state index contributed by atoms with van der Waals surface area (Å²) in [6.45, 7) is 3.91. The number of alkyl halides is 3. The van der Waals surface area contributed by atoms with Crippen LogP contribution in [-0.4, -0.2) is 49.6 Å². The largest absolute Gasteiger partial charge is 0.416 e. The second-order valence-corrected chi connectivity index (χ2v) is 8.55. The van der Waals surface area contributed by atoms with E-state index in [1.807, 2.05) is 65.8 Å². The zero-order valence-electron chi connectivity index (χ0n) is 17.9. The predicted octanol–water partition coefficient (Wildman–Crippen LogP) is 5.42. The first-order valence-corrected chi connectivity index (χ1v) is 10.9. The predicted molar refractivity (Wildman–Crippen MR) is 124 cm³/mol. The summed E-state index contributed by atoms with van der Waals surface area (Å²) in [6.07, 6.45) is 3.25. The van der Waals surface area contributed by atoms with E-state index >= 15 is 0 Å². The van der Waals surface area contributed by atoms with Crippen molar-refractivity contribution in [2.75, 3.05) is 49.6 Å². The number of piperazine rings is 1. The average Bonchev–Trinajstić information content (AvgIpc) is 2.98. The van der Waals surface area contributed by atoms with E-state index in [0.29, 0.717) is 23.7 Å². The molecule has 32 heavy (non-hydrogen) atoms. The summed E-state index contributed by atoms with van der Waals surface area (Å²) in [5, 5.41) is 0.688. The van der Waals surface area contributed by atoms with Gasteiger partial charge in [-0.05, 0) is 54.1 Å². The Morgan fingerprint density at radius 2 is 1.56 bits per heavy atom. The normalized spacial score (nSPS) is 17.7. The van der Waals surface area contributed by atoms with Crippen LogP contribution in [0.15, 0.2) is 67.1 Å². The van der Waals surface area contributed by atoms with Crippen molar-refractivity contribution >= 4 is 23.0 Å². The maximum atomic E-state index is 13.7. The molecule has 0 spiro atoms. The lowest BCUT2D eigenvalue weighted by Gasteiger charge is -2.36. The molecule has 2 aromatic rings. The molecule has 0 aromatic heterocycles. The van der Waals surface area contributed by atoms with Gasteiger partial charge in [-0.2, -0.15) is 13.2 Å². The summed E-state index contributed by atoms with van der Waals surface area (Å²) in [5.74, 6) is 0. The Morgan fingerprint density at radius 1 is 0.875 bits per heavy atom. The van der Waals surface area contributed by atoms with Gasteiger partial charge in [-0.25, -0.2) is 0 Å². The summed E-state index contributed by atoms with van der Waals surface area (Å²) in [4.78, 5) is 8.17. The first-order valence-electron chi connectivity index (χ1n) is 10.6. The number of nitrogens with zero attached hydrogens (tertiary/aromatic N) is 4. The van der Waals surface area contributed by atoms with Crippen LogP contribution in [0.25, 0.3) is 0 Å². The molecule has 0 atom stereocenters. The van der Waals surface area contributed by atoms with Crippen molar-refractivity contribution in [3.8, 4) is 0 Å². The molecule has 170 valence electrons. The number of hydrogen-bond donors (Lipinski definition) is 0. The fourth-order valence-corrected chi connectivity index (χ4v) is 4.13. The molecule has 4 rings (SSSR count). The minimum Gasteiger partial charge on any atom is -0.375 e. The molecule has 0 amide bonds. The molecule has 0 radical (unpaired) electrons. The first kappa shape index (κ1) is 22.6. The molecule has 2 heterocycles. The van der Waals surface area contributed by atoms with Crippen LogP contribution in [0.2, 0.25) is 5.02 Å². The van der Waals surface area contributed by atoms with Gasteiger partial charge >= 0.3 is 6.18 Å². The van der Waals surface area contributed by atoms with Gasteiger partial charge in [-0.1, -0.05) is 11.6 Å². The van der Waals surface area contributed by atoms with E-state index in [1.54, 1.807) is 6.07 Å². The molecule has 4 nitrogen and oxygen atoms in total. The standard InChI is InChI=1S/C24H26ClF3N4/c1-29-9-2-10-31(14-11-29)22-7-8-23(24(26,27)28)19(17-22)18-30-12-15-32(16-13-30)21-5-3-20(25)4-6-21/h2-8,10-11,14,17H,9,12-13,15-16,18H2,1H3. The quantitative estimate of drug-likeness (QED) is 0.601. The molecular formula is C24H26ClF3N4. The van der Waals surface area contributed by atoms with Crippen LogP contribution >= 0.6 is 11.6 Å². The summed E-state index contributed by atoms with van der Waals surface area (Å²) in [6, 6.07) is 12.1. The highest BCUT2D eigenvalue weighted by molar-refractivity contribution is 6.30. The van der Waals surface area contributed by atoms with E-state index in [-0.39, 0.29) is 6.54 Å². The van der Waals surface area contributed by atoms with Crippen molar-refractivity contribution in [3.05, 3.63) is 83.3 Å². The second-order valence-electron chi connectivity index (χ2n) is 8.11. The molecule has 0 aliphatic carbocycles. The third-order valence-corrected chi connectivity index (χ3v) is 6.04. The monoisotopic (exact) mass is 462 g/mol. The summed E-state index contributed by atoms with van der Waals surface area (Å²) >= 11 is 5.97. The van der Waals surface area contributed by atoms with Gasteiger partial charge in [0.15, 0.2) is 0 Å². The third kappa shape index (κ3) is 5.40. The molecule has 1 fully saturated rings. The van der Waals surface area contributed by atoms with Crippen molar-refractivity contribution in [1.29, 1.82) is 0 Å². The highest BCUT2D eigenvalue weighted by Gasteiger charge is 2.34. The minimum absolute atomic E-state index is 0.262. The highest BCUT2D eigenvalue weighted by Crippen LogP contribution is 2.35. The zero-order valence-corrected chi connectivity index (χ0v) is 18.7. The lowest BCUT2D eigenvalue weighted by atomic mass is 10.0. The minimum atomic E-state index is -4.39. The Morgan fingerprint density at radius 3 is 2.25 bits per heavy atom. The van der Waals surface area contributed by atoms with Gasteiger partial charge in [0.1, 0.15) is 0 Å². The number of benzene rings is 2. The smallest absolute Gasteiger partial charge is 0.375 e. The van der Waals surface area contributed by atoms with Gasteiger partial charge < -0.3 is 14.7 Å². The molecule has 0 saturated carbocycles. The van der Waals surface area contributed by atoms with Gasteiger partial charge in [0, 0.05) is 81.3 Å². The van der Waals surface area contributed by atoms with E-state index in [9.17, 15) is 13.2 Å². The number of halogens is 4. The summed E-state index contributed by atoms with van der Waals surface area (Å²) in [7, 11) is 1.95. The van der Waals surface area contributed by atoms with Crippen molar-refractivity contribution in [2.45, 2.75) is 12.7 Å². The summed E-state index contributed by atoms with van der Waals surface area (Å²) in [5.41, 5.74) is 1.53. The van der Waals surface area contributed by atoms with E-state index in [1.165, 1.54) is 12.1 Å². The maximum absolute atomic E-state index is 13.7. The molecule has 0 unspecified atom stereocenters. The SMILES string of the molecule is CN1C=CN(c2ccc(C(F)(F)F)c(CN3CCN(c4ccc(Cl)cc4)CC3)c2)C=CC1. The highest BCUT2D eigenvalue weighted by atomic mass is 35.5. The van der Waals surface area contributed by atoms with Crippen LogP contribution in [0.4, 0.5) is 24.5 Å². The Kier molecular flexibility index (Phi) is 6.67. The van der Waals surface area contributed by atoms with Crippen LogP contribution in [0.5, 0.6) is 0 Å². The molecule has 8 heteroatoms. The zero-order chi connectivity index (χ0) is 22.7. The van der Waals surface area contributed by atoms with E-state index in [0.717, 1.165) is 31.0 Å². The molecule has 0 bridgehead atoms. The number of anilines is 2. The first-order chi connectivity index (χ1) is 15.3. The fraction of sp³-hybridized carbons (Fsp3) is 0.333. The topological polar surface area (TPSA) is 13.0 Å². The molecule has 2 aliphatic rings. The van der Waals surface area contributed by atoms with Crippen LogP contribution in [0.1, 0.15) is 11.1 Å². The van der Waals surface area contributed by atoms with Crippen LogP contribution in [0, 0.1) is 0 Å². The molecule has 2 aromatic carbocycles. The second kappa shape index (κ2) is 9.46. The van der Waals surface area contributed by atoms with Gasteiger partial charge in [0.25, 0.3) is 0 Å². The van der Waals surface area contributed by atoms with Gasteiger partial charge in [-0.15, -0.1) is 0 Å². The van der Waals surface area contributed by atoms with E-state index < -0.39 is 11.7 Å². The van der Waals surface area contributed by atoms with E-state index in [4.69, 9.17) is 11.6 Å². The Bertz CT molecular complexity index is 980. The van der Waals surface area contributed by atoms with Crippen LogP contribution in [-0.2, 0) is 12.7 Å². The molecule has 2 aliphatic heterocycles. The average molecular weight is 463 g/mol. The van der Waals surface area contributed by atoms with Crippen LogP contribution < -0.4 is 9.80 Å². The Hall–Kier alpha value is -2.64. The lowest BCUT2D eigenvalue weighted by Crippen LogP contribution is -2.46. The lowest BCUT2D eigenvalue weighted by molar-refractivity contribution is -0.138. The Balaban J connectivity index is 1.50. The van der Waals surface area contributed by atoms with Crippen molar-refractivity contribution < 1.29 is 13.2 Å². The number of rotatable bonds is 4. The van der Waals surface area contributed by atoms with Gasteiger partial charge in [0.2, 0.25) is 0 Å². The number of hydrogen-bond acceptors (Lipinski definition) is 4. The fourth-order valence-electron chi connectivity index (χ4n) is 4.00. The third-order valence-electron chi connectivity index (χ3n) is 5.79. The van der Waals surface area contributed by atoms with E-state index in [2.05, 4.69) is 9.80 Å². The maximum Gasteiger partial charge on any atom is 0.416 e. The van der Waals surface area contributed by atoms with Gasteiger partial charge in [0.05, 0.1) is 5.56 Å². The Labute approximate surface area is 191 Å². The van der Waals surface area contributed by atoms with Crippen LogP contribution in [0.3, 0.4) is 0 Å². The summed E-state index contributed by atoms with van der Waals surface area (Å²) < 4.78 is 41.2. The molecule has 1 saturated heterocycles. The van der Waals surface area contributed by atoms with Crippen molar-refractivity contribution in [2.24, 2.45) is 0 Å². The van der Waals surface area contributed by atoms with Crippen molar-refractivity contribution in [3.63, 3.8) is 0 Å². The molecular weight excluding hydrogens is 437 g/mol. The van der Waals surface area contributed by atoms with Gasteiger partial charge in [-0.3, -0.25) is 4.90 Å². The molecule has 0 N–H and O–H groups in total. The van der Waals surface area contributed by atoms with Crippen molar-refractivity contribution in [1.82, 2.24) is 9.80 Å². The number of likely N-dealkylation sites (N-methyl/N-ethyl adjacent to an activating group) is 1.